The fourth-order valence-electron chi connectivity index (χ4n) is 2.40. The summed E-state index contributed by atoms with van der Waals surface area (Å²) in [5.41, 5.74) is -0.785. The molecule has 3 aromatic rings. The van der Waals surface area contributed by atoms with E-state index in [1.807, 2.05) is 0 Å². The third kappa shape index (κ3) is 3.96. The molecule has 1 aromatic heterocycles. The van der Waals surface area contributed by atoms with Gasteiger partial charge in [0.05, 0.1) is 32.0 Å². The summed E-state index contributed by atoms with van der Waals surface area (Å²) >= 11 is 0.999. The summed E-state index contributed by atoms with van der Waals surface area (Å²) in [5, 5.41) is 2.55. The quantitative estimate of drug-likeness (QED) is 0.688. The predicted molar refractivity (Wildman–Crippen MR) is 96.7 cm³/mol. The van der Waals surface area contributed by atoms with E-state index in [0.29, 0.717) is 4.70 Å². The first-order valence-corrected chi connectivity index (χ1v) is 10.2. The van der Waals surface area contributed by atoms with Crippen LogP contribution in [0.25, 0.3) is 10.2 Å². The van der Waals surface area contributed by atoms with Gasteiger partial charge in [-0.25, -0.2) is 13.4 Å². The molecule has 0 radical (unpaired) electrons. The van der Waals surface area contributed by atoms with Crippen LogP contribution in [0.1, 0.15) is 22.8 Å². The maximum atomic E-state index is 12.8. The van der Waals surface area contributed by atoms with Crippen molar-refractivity contribution in [2.45, 2.75) is 18.0 Å². The third-order valence-electron chi connectivity index (χ3n) is 3.78. The molecule has 0 bridgehead atoms. The Morgan fingerprint density at radius 3 is 2.56 bits per heavy atom. The smallest absolute Gasteiger partial charge is 0.298 e. The first-order chi connectivity index (χ1) is 12.6. The number of benzene rings is 2. The fraction of sp³-hybridized carbons (Fsp3) is 0.176. The van der Waals surface area contributed by atoms with Gasteiger partial charge in [-0.2, -0.15) is 13.2 Å². The first kappa shape index (κ1) is 19.3. The lowest BCUT2D eigenvalue weighted by atomic mass is 10.2. The number of anilines is 1. The van der Waals surface area contributed by atoms with Gasteiger partial charge in [-0.05, 0) is 30.3 Å². The number of hydrogen-bond donors (Lipinski definition) is 1. The Bertz CT molecular complexity index is 1120. The SMILES string of the molecule is CCS(=O)(=O)c1ccccc1C(=O)Nc1nc2cc(C(F)(F)F)ccc2s1. The molecule has 0 saturated heterocycles. The monoisotopic (exact) mass is 414 g/mol. The zero-order valence-electron chi connectivity index (χ0n) is 13.9. The standard InChI is InChI=1S/C17H13F3N2O3S2/c1-2-27(24,25)14-6-4-3-5-11(14)15(23)22-16-21-12-9-10(17(18,19)20)7-8-13(12)26-16/h3-9H,2H2,1H3,(H,21,22,23). The van der Waals surface area contributed by atoms with Crippen LogP contribution in [0, 0.1) is 0 Å². The second-order valence-electron chi connectivity index (χ2n) is 5.55. The van der Waals surface area contributed by atoms with Gasteiger partial charge in [-0.15, -0.1) is 0 Å². The van der Waals surface area contributed by atoms with Crippen molar-refractivity contribution in [2.75, 3.05) is 11.1 Å². The van der Waals surface area contributed by atoms with Crippen molar-refractivity contribution in [2.24, 2.45) is 0 Å². The first-order valence-electron chi connectivity index (χ1n) is 7.73. The summed E-state index contributed by atoms with van der Waals surface area (Å²) < 4.78 is 63.1. The molecule has 5 nitrogen and oxygen atoms in total. The van der Waals surface area contributed by atoms with Crippen molar-refractivity contribution in [3.8, 4) is 0 Å². The largest absolute Gasteiger partial charge is 0.416 e. The van der Waals surface area contributed by atoms with Gasteiger partial charge in [0.15, 0.2) is 15.0 Å². The highest BCUT2D eigenvalue weighted by atomic mass is 32.2. The third-order valence-corrected chi connectivity index (χ3v) is 6.52. The number of rotatable bonds is 4. The molecule has 0 atom stereocenters. The lowest BCUT2D eigenvalue weighted by Gasteiger charge is -2.08. The number of amides is 1. The Morgan fingerprint density at radius 2 is 1.89 bits per heavy atom. The number of sulfone groups is 1. The van der Waals surface area contributed by atoms with E-state index in [1.54, 1.807) is 0 Å². The number of carbonyl (C=O) groups excluding carboxylic acids is 1. The average Bonchev–Trinajstić information content (AvgIpc) is 3.02. The van der Waals surface area contributed by atoms with Crippen LogP contribution in [0.2, 0.25) is 0 Å². The number of alkyl halides is 3. The summed E-state index contributed by atoms with van der Waals surface area (Å²) in [6.07, 6.45) is -4.49. The summed E-state index contributed by atoms with van der Waals surface area (Å²) in [6, 6.07) is 8.86. The van der Waals surface area contributed by atoms with E-state index in [-0.39, 0.29) is 26.9 Å². The minimum atomic E-state index is -4.49. The number of hydrogen-bond acceptors (Lipinski definition) is 5. The van der Waals surface area contributed by atoms with Gasteiger partial charge in [0, 0.05) is 0 Å². The summed E-state index contributed by atoms with van der Waals surface area (Å²) in [7, 11) is -3.62. The van der Waals surface area contributed by atoms with Crippen molar-refractivity contribution < 1.29 is 26.4 Å². The Hall–Kier alpha value is -2.46. The molecule has 1 N–H and O–H groups in total. The van der Waals surface area contributed by atoms with Crippen LogP contribution in [0.5, 0.6) is 0 Å². The van der Waals surface area contributed by atoms with E-state index in [1.165, 1.54) is 37.3 Å². The lowest BCUT2D eigenvalue weighted by Crippen LogP contribution is -2.17. The van der Waals surface area contributed by atoms with Crippen LogP contribution >= 0.6 is 11.3 Å². The molecular weight excluding hydrogens is 401 g/mol. The average molecular weight is 414 g/mol. The molecule has 1 amide bonds. The molecule has 142 valence electrons. The molecule has 0 aliphatic rings. The Labute approximate surface area is 156 Å². The fourth-order valence-corrected chi connectivity index (χ4v) is 4.34. The number of carbonyl (C=O) groups is 1. The Kier molecular flexibility index (Phi) is 4.96. The Balaban J connectivity index is 1.94. The van der Waals surface area contributed by atoms with Crippen LogP contribution in [0.3, 0.4) is 0 Å². The van der Waals surface area contributed by atoms with E-state index < -0.39 is 27.5 Å². The van der Waals surface area contributed by atoms with E-state index in [4.69, 9.17) is 0 Å². The highest BCUT2D eigenvalue weighted by molar-refractivity contribution is 7.91. The van der Waals surface area contributed by atoms with Crippen molar-refractivity contribution in [3.63, 3.8) is 0 Å². The Morgan fingerprint density at radius 1 is 1.19 bits per heavy atom. The minimum Gasteiger partial charge on any atom is -0.298 e. The molecule has 0 spiro atoms. The number of aromatic nitrogens is 1. The highest BCUT2D eigenvalue weighted by Crippen LogP contribution is 2.34. The summed E-state index contributed by atoms with van der Waals surface area (Å²) in [6.45, 7) is 1.47. The maximum Gasteiger partial charge on any atom is 0.416 e. The summed E-state index contributed by atoms with van der Waals surface area (Å²) in [5.74, 6) is -0.865. The van der Waals surface area contributed by atoms with Crippen molar-refractivity contribution in [1.29, 1.82) is 0 Å². The second kappa shape index (κ2) is 6.93. The van der Waals surface area contributed by atoms with Gasteiger partial charge in [0.1, 0.15) is 0 Å². The van der Waals surface area contributed by atoms with Gasteiger partial charge in [0.25, 0.3) is 5.91 Å². The molecule has 0 fully saturated rings. The molecule has 3 rings (SSSR count). The summed E-state index contributed by atoms with van der Waals surface area (Å²) in [4.78, 5) is 16.4. The highest BCUT2D eigenvalue weighted by Gasteiger charge is 2.31. The van der Waals surface area contributed by atoms with Crippen molar-refractivity contribution >= 4 is 42.4 Å². The van der Waals surface area contributed by atoms with Crippen molar-refractivity contribution in [1.82, 2.24) is 4.98 Å². The zero-order valence-corrected chi connectivity index (χ0v) is 15.5. The lowest BCUT2D eigenvalue weighted by molar-refractivity contribution is -0.137. The number of nitrogens with zero attached hydrogens (tertiary/aromatic N) is 1. The van der Waals surface area contributed by atoms with Crippen LogP contribution in [0.4, 0.5) is 18.3 Å². The normalized spacial score (nSPS) is 12.3. The van der Waals surface area contributed by atoms with Crippen LogP contribution in [-0.4, -0.2) is 25.1 Å². The van der Waals surface area contributed by atoms with Crippen LogP contribution in [-0.2, 0) is 16.0 Å². The minimum absolute atomic E-state index is 0.0467. The van der Waals surface area contributed by atoms with Gasteiger partial charge in [-0.1, -0.05) is 30.4 Å². The molecule has 0 aliphatic heterocycles. The number of halogens is 3. The molecule has 27 heavy (non-hydrogen) atoms. The molecule has 0 unspecified atom stereocenters. The number of nitrogens with one attached hydrogen (secondary N) is 1. The molecule has 2 aromatic carbocycles. The van der Waals surface area contributed by atoms with Crippen molar-refractivity contribution in [3.05, 3.63) is 53.6 Å². The predicted octanol–water partition coefficient (Wildman–Crippen LogP) is 4.36. The number of thiazole rings is 1. The van der Waals surface area contributed by atoms with Gasteiger partial charge in [0.2, 0.25) is 0 Å². The topological polar surface area (TPSA) is 76.1 Å². The van der Waals surface area contributed by atoms with E-state index in [9.17, 15) is 26.4 Å². The van der Waals surface area contributed by atoms with Crippen LogP contribution < -0.4 is 5.32 Å². The molecule has 10 heteroatoms. The van der Waals surface area contributed by atoms with Crippen LogP contribution in [0.15, 0.2) is 47.4 Å². The van der Waals surface area contributed by atoms with Gasteiger partial charge >= 0.3 is 6.18 Å². The molecular formula is C17H13F3N2O3S2. The maximum absolute atomic E-state index is 12.8. The second-order valence-corrected chi connectivity index (χ2v) is 8.83. The molecule has 0 aliphatic carbocycles. The van der Waals surface area contributed by atoms with E-state index in [0.717, 1.165) is 23.5 Å². The van der Waals surface area contributed by atoms with Gasteiger partial charge < -0.3 is 0 Å². The molecule has 1 heterocycles. The zero-order chi connectivity index (χ0) is 19.8. The number of fused-ring (bicyclic) bond motifs is 1. The molecule has 0 saturated carbocycles. The van der Waals surface area contributed by atoms with E-state index in [2.05, 4.69) is 10.3 Å². The van der Waals surface area contributed by atoms with Gasteiger partial charge in [-0.3, -0.25) is 10.1 Å². The van der Waals surface area contributed by atoms with E-state index >= 15 is 0 Å².